The van der Waals surface area contributed by atoms with E-state index in [0.717, 1.165) is 22.3 Å². The van der Waals surface area contributed by atoms with E-state index < -0.39 is 18.1 Å². The zero-order valence-electron chi connectivity index (χ0n) is 20.3. The van der Waals surface area contributed by atoms with Crippen LogP contribution in [0.3, 0.4) is 0 Å². The summed E-state index contributed by atoms with van der Waals surface area (Å²) in [6, 6.07) is 14.8. The maximum atomic E-state index is 11.6. The standard InChI is InChI=1S/C27H25ClN4O5/c1-15-5-3-4-6-20(15)21-8-7-16(9-18(21)14-36-2)26-30-24(31-37-26)17-10-22(28)25(29-12-17)32-13-19(33)11-23(32)27(34)35/h3-10,12,19,23,33H,11,13-14H2,1-2H3,(H,34,35). The van der Waals surface area contributed by atoms with Crippen LogP contribution in [0.2, 0.25) is 5.02 Å². The Bertz CT molecular complexity index is 1460. The van der Waals surface area contributed by atoms with E-state index in [1.807, 2.05) is 30.3 Å². The Morgan fingerprint density at radius 2 is 2.00 bits per heavy atom. The first-order chi connectivity index (χ1) is 17.9. The number of aryl methyl sites for hydroxylation is 1. The summed E-state index contributed by atoms with van der Waals surface area (Å²) in [5.74, 6) is -0.127. The van der Waals surface area contributed by atoms with Crippen molar-refractivity contribution >= 4 is 23.4 Å². The summed E-state index contributed by atoms with van der Waals surface area (Å²) in [4.78, 5) is 22.0. The van der Waals surface area contributed by atoms with E-state index in [4.69, 9.17) is 20.9 Å². The molecule has 0 radical (unpaired) electrons. The Morgan fingerprint density at radius 1 is 1.19 bits per heavy atom. The van der Waals surface area contributed by atoms with Gasteiger partial charge in [-0.05, 0) is 47.4 Å². The molecule has 3 heterocycles. The zero-order valence-corrected chi connectivity index (χ0v) is 21.0. The number of halogens is 1. The van der Waals surface area contributed by atoms with Crippen LogP contribution in [-0.4, -0.2) is 57.1 Å². The van der Waals surface area contributed by atoms with Gasteiger partial charge in [-0.15, -0.1) is 0 Å². The Balaban J connectivity index is 1.44. The number of aliphatic hydroxyl groups excluding tert-OH is 1. The molecule has 2 N–H and O–H groups in total. The number of aromatic nitrogens is 3. The minimum Gasteiger partial charge on any atom is -0.480 e. The number of aliphatic hydroxyl groups is 1. The summed E-state index contributed by atoms with van der Waals surface area (Å²) in [6.45, 7) is 2.63. The van der Waals surface area contributed by atoms with Crippen molar-refractivity contribution in [1.29, 1.82) is 0 Å². The number of hydrogen-bond donors (Lipinski definition) is 2. The Hall–Kier alpha value is -3.79. The molecule has 190 valence electrons. The molecule has 5 rings (SSSR count). The summed E-state index contributed by atoms with van der Waals surface area (Å²) < 4.78 is 11.0. The quantitative estimate of drug-likeness (QED) is 0.360. The number of aliphatic carboxylic acids is 1. The first kappa shape index (κ1) is 24.9. The molecule has 2 unspecified atom stereocenters. The van der Waals surface area contributed by atoms with E-state index in [9.17, 15) is 15.0 Å². The fourth-order valence-corrected chi connectivity index (χ4v) is 4.92. The van der Waals surface area contributed by atoms with Crippen LogP contribution in [0.25, 0.3) is 34.0 Å². The number of anilines is 1. The highest BCUT2D eigenvalue weighted by molar-refractivity contribution is 6.33. The van der Waals surface area contributed by atoms with Gasteiger partial charge in [0.25, 0.3) is 5.89 Å². The van der Waals surface area contributed by atoms with Gasteiger partial charge >= 0.3 is 5.97 Å². The number of carboxylic acids is 1. The maximum absolute atomic E-state index is 11.6. The van der Waals surface area contributed by atoms with Gasteiger partial charge in [-0.3, -0.25) is 0 Å². The van der Waals surface area contributed by atoms with Crippen molar-refractivity contribution in [3.63, 3.8) is 0 Å². The molecule has 9 nitrogen and oxygen atoms in total. The Labute approximate surface area is 218 Å². The number of methoxy groups -OCH3 is 1. The second-order valence-corrected chi connectivity index (χ2v) is 9.38. The van der Waals surface area contributed by atoms with Crippen LogP contribution in [0.1, 0.15) is 17.5 Å². The van der Waals surface area contributed by atoms with Crippen molar-refractivity contribution in [3.05, 3.63) is 70.9 Å². The van der Waals surface area contributed by atoms with Gasteiger partial charge in [-0.25, -0.2) is 9.78 Å². The van der Waals surface area contributed by atoms with Crippen LogP contribution in [0.5, 0.6) is 0 Å². The molecule has 0 amide bonds. The van der Waals surface area contributed by atoms with Crippen molar-refractivity contribution in [3.8, 4) is 34.0 Å². The highest BCUT2D eigenvalue weighted by Gasteiger charge is 2.37. The summed E-state index contributed by atoms with van der Waals surface area (Å²) in [5.41, 5.74) is 5.62. The van der Waals surface area contributed by atoms with E-state index in [0.29, 0.717) is 23.9 Å². The molecule has 2 atom stereocenters. The third kappa shape index (κ3) is 4.93. The third-order valence-electron chi connectivity index (χ3n) is 6.43. The monoisotopic (exact) mass is 520 g/mol. The van der Waals surface area contributed by atoms with Gasteiger partial charge in [0.1, 0.15) is 11.9 Å². The fraction of sp³-hybridized carbons (Fsp3) is 0.259. The van der Waals surface area contributed by atoms with Crippen LogP contribution in [0.15, 0.2) is 59.3 Å². The van der Waals surface area contributed by atoms with E-state index >= 15 is 0 Å². The van der Waals surface area contributed by atoms with Gasteiger partial charge < -0.3 is 24.4 Å². The summed E-state index contributed by atoms with van der Waals surface area (Å²) in [5, 5.41) is 23.8. The maximum Gasteiger partial charge on any atom is 0.326 e. The molecular weight excluding hydrogens is 496 g/mol. The number of β-amino-alcohol motifs (C(OH)–C–C–N with tert-alkyl or cyclic N) is 1. The number of nitrogens with zero attached hydrogens (tertiary/aromatic N) is 4. The van der Waals surface area contributed by atoms with Crippen molar-refractivity contribution in [2.45, 2.75) is 32.1 Å². The van der Waals surface area contributed by atoms with Crippen LogP contribution < -0.4 is 4.90 Å². The lowest BCUT2D eigenvalue weighted by molar-refractivity contribution is -0.138. The lowest BCUT2D eigenvalue weighted by Gasteiger charge is -2.23. The molecule has 37 heavy (non-hydrogen) atoms. The van der Waals surface area contributed by atoms with E-state index in [-0.39, 0.29) is 23.8 Å². The number of benzene rings is 2. The van der Waals surface area contributed by atoms with Gasteiger partial charge in [0.05, 0.1) is 17.7 Å². The highest BCUT2D eigenvalue weighted by Crippen LogP contribution is 2.34. The first-order valence-electron chi connectivity index (χ1n) is 11.7. The molecule has 0 spiro atoms. The number of carboxylic acid groups (broad SMARTS) is 1. The van der Waals surface area contributed by atoms with Crippen molar-refractivity contribution in [1.82, 2.24) is 15.1 Å². The lowest BCUT2D eigenvalue weighted by atomic mass is 9.94. The summed E-state index contributed by atoms with van der Waals surface area (Å²) >= 11 is 6.47. The van der Waals surface area contributed by atoms with E-state index in [2.05, 4.69) is 34.2 Å². The van der Waals surface area contributed by atoms with Crippen LogP contribution in [-0.2, 0) is 16.1 Å². The molecule has 4 aromatic rings. The largest absolute Gasteiger partial charge is 0.480 e. The second-order valence-electron chi connectivity index (χ2n) is 8.97. The predicted octanol–water partition coefficient (Wildman–Crippen LogP) is 4.60. The average Bonchev–Trinajstić information content (AvgIpc) is 3.52. The Morgan fingerprint density at radius 3 is 2.73 bits per heavy atom. The van der Waals surface area contributed by atoms with Crippen LogP contribution in [0.4, 0.5) is 5.82 Å². The van der Waals surface area contributed by atoms with E-state index in [1.54, 1.807) is 13.2 Å². The predicted molar refractivity (Wildman–Crippen MR) is 138 cm³/mol. The lowest BCUT2D eigenvalue weighted by Crippen LogP contribution is -2.36. The van der Waals surface area contributed by atoms with Gasteiger partial charge in [-0.2, -0.15) is 4.98 Å². The summed E-state index contributed by atoms with van der Waals surface area (Å²) in [6.07, 6.45) is 0.854. The summed E-state index contributed by atoms with van der Waals surface area (Å²) in [7, 11) is 1.65. The Kier molecular flexibility index (Phi) is 6.92. The number of ether oxygens (including phenoxy) is 1. The first-order valence-corrected chi connectivity index (χ1v) is 12.1. The second kappa shape index (κ2) is 10.3. The molecule has 2 aromatic heterocycles. The highest BCUT2D eigenvalue weighted by atomic mass is 35.5. The number of rotatable bonds is 7. The number of pyridine rings is 1. The molecule has 1 aliphatic rings. The third-order valence-corrected chi connectivity index (χ3v) is 6.71. The smallest absolute Gasteiger partial charge is 0.326 e. The molecule has 1 aliphatic heterocycles. The molecule has 1 fully saturated rings. The van der Waals surface area contributed by atoms with Crippen molar-refractivity contribution < 1.29 is 24.3 Å². The van der Waals surface area contributed by atoms with Crippen LogP contribution in [0, 0.1) is 6.92 Å². The van der Waals surface area contributed by atoms with Crippen molar-refractivity contribution in [2.24, 2.45) is 0 Å². The molecule has 0 bridgehead atoms. The SMILES string of the molecule is COCc1cc(-c2nc(-c3cnc(N4CC(O)CC4C(=O)O)c(Cl)c3)no2)ccc1-c1ccccc1C. The number of hydrogen-bond acceptors (Lipinski definition) is 8. The minimum absolute atomic E-state index is 0.108. The molecule has 10 heteroatoms. The number of carbonyl (C=O) groups is 1. The molecule has 0 aliphatic carbocycles. The van der Waals surface area contributed by atoms with E-state index in [1.165, 1.54) is 16.7 Å². The molecule has 2 aromatic carbocycles. The molecule has 1 saturated heterocycles. The van der Waals surface area contributed by atoms with Crippen LogP contribution >= 0.6 is 11.6 Å². The van der Waals surface area contributed by atoms with Gasteiger partial charge in [-0.1, -0.05) is 47.1 Å². The average molecular weight is 521 g/mol. The zero-order chi connectivity index (χ0) is 26.1. The van der Waals surface area contributed by atoms with Gasteiger partial charge in [0.15, 0.2) is 0 Å². The molecular formula is C27H25ClN4O5. The minimum atomic E-state index is -1.04. The fourth-order valence-electron chi connectivity index (χ4n) is 4.64. The van der Waals surface area contributed by atoms with Crippen molar-refractivity contribution in [2.75, 3.05) is 18.6 Å². The topological polar surface area (TPSA) is 122 Å². The normalized spacial score (nSPS) is 17.4. The van der Waals surface area contributed by atoms with Gasteiger partial charge in [0.2, 0.25) is 5.82 Å². The molecule has 0 saturated carbocycles. The van der Waals surface area contributed by atoms with Gasteiger partial charge in [0, 0.05) is 37.4 Å².